The van der Waals surface area contributed by atoms with Crippen LogP contribution in [0, 0.1) is 5.82 Å². The molecule has 0 aliphatic carbocycles. The predicted molar refractivity (Wildman–Crippen MR) is 81.1 cm³/mol. The zero-order valence-electron chi connectivity index (χ0n) is 12.7. The Bertz CT molecular complexity index is 595. The van der Waals surface area contributed by atoms with Gasteiger partial charge in [-0.3, -0.25) is 5.10 Å². The maximum atomic E-state index is 14.0. The number of halogens is 1. The van der Waals surface area contributed by atoms with Crippen molar-refractivity contribution in [3.05, 3.63) is 47.0 Å². The van der Waals surface area contributed by atoms with Gasteiger partial charge >= 0.3 is 0 Å². The van der Waals surface area contributed by atoms with Crippen LogP contribution >= 0.6 is 0 Å². The minimum atomic E-state index is -0.364. The average molecular weight is 291 g/mol. The van der Waals surface area contributed by atoms with Gasteiger partial charge in [0.05, 0.1) is 12.3 Å². The summed E-state index contributed by atoms with van der Waals surface area (Å²) >= 11 is 0. The molecule has 3 N–H and O–H groups in total. The number of nitrogens with two attached hydrogens (primary N) is 1. The van der Waals surface area contributed by atoms with Gasteiger partial charge in [-0.25, -0.2) is 4.39 Å². The van der Waals surface area contributed by atoms with E-state index in [4.69, 9.17) is 10.5 Å². The highest BCUT2D eigenvalue weighted by atomic mass is 19.1. The number of hydrogen-bond donors (Lipinski definition) is 2. The molecule has 0 saturated carbocycles. The molecule has 5 heteroatoms. The SMILES string of the molecule is CCOc1ccc(C(CN)c2cc(C(C)C)n[nH]2)cc1F. The maximum absolute atomic E-state index is 14.0. The highest BCUT2D eigenvalue weighted by Crippen LogP contribution is 2.28. The molecular weight excluding hydrogens is 269 g/mol. The maximum Gasteiger partial charge on any atom is 0.165 e. The van der Waals surface area contributed by atoms with Gasteiger partial charge in [0.15, 0.2) is 11.6 Å². The van der Waals surface area contributed by atoms with Gasteiger partial charge in [0, 0.05) is 18.2 Å². The number of ether oxygens (including phenoxy) is 1. The van der Waals surface area contributed by atoms with E-state index in [1.165, 1.54) is 6.07 Å². The van der Waals surface area contributed by atoms with Crippen LogP contribution in [0.25, 0.3) is 0 Å². The van der Waals surface area contributed by atoms with Crippen LogP contribution in [0.5, 0.6) is 5.75 Å². The Morgan fingerprint density at radius 3 is 2.62 bits per heavy atom. The molecule has 2 rings (SSSR count). The summed E-state index contributed by atoms with van der Waals surface area (Å²) < 4.78 is 19.2. The zero-order valence-corrected chi connectivity index (χ0v) is 12.7. The van der Waals surface area contributed by atoms with Crippen LogP contribution in [0.15, 0.2) is 24.3 Å². The summed E-state index contributed by atoms with van der Waals surface area (Å²) in [5.74, 6) is 0.140. The van der Waals surface area contributed by atoms with E-state index in [1.807, 2.05) is 19.1 Å². The lowest BCUT2D eigenvalue weighted by atomic mass is 9.95. The molecule has 0 saturated heterocycles. The smallest absolute Gasteiger partial charge is 0.165 e. The minimum absolute atomic E-state index is 0.102. The normalized spacial score (nSPS) is 12.7. The predicted octanol–water partition coefficient (Wildman–Crippen LogP) is 3.16. The van der Waals surface area contributed by atoms with Gasteiger partial charge in [0.25, 0.3) is 0 Å². The van der Waals surface area contributed by atoms with Gasteiger partial charge in [-0.1, -0.05) is 19.9 Å². The molecule has 114 valence electrons. The van der Waals surface area contributed by atoms with Crippen molar-refractivity contribution < 1.29 is 9.13 Å². The van der Waals surface area contributed by atoms with Crippen molar-refractivity contribution in [1.29, 1.82) is 0 Å². The van der Waals surface area contributed by atoms with Crippen LogP contribution in [-0.4, -0.2) is 23.3 Å². The van der Waals surface area contributed by atoms with Crippen LogP contribution < -0.4 is 10.5 Å². The number of H-pyrrole nitrogens is 1. The molecule has 1 heterocycles. The second kappa shape index (κ2) is 6.72. The Morgan fingerprint density at radius 2 is 2.10 bits per heavy atom. The van der Waals surface area contributed by atoms with Crippen molar-refractivity contribution in [3.8, 4) is 5.75 Å². The van der Waals surface area contributed by atoms with Crippen molar-refractivity contribution >= 4 is 0 Å². The first-order valence-corrected chi connectivity index (χ1v) is 7.24. The second-order valence-corrected chi connectivity index (χ2v) is 5.31. The Balaban J connectivity index is 2.30. The summed E-state index contributed by atoms with van der Waals surface area (Å²) in [4.78, 5) is 0. The summed E-state index contributed by atoms with van der Waals surface area (Å²) in [7, 11) is 0. The summed E-state index contributed by atoms with van der Waals surface area (Å²) in [6.07, 6.45) is 0. The third kappa shape index (κ3) is 3.42. The number of hydrogen-bond acceptors (Lipinski definition) is 3. The Labute approximate surface area is 124 Å². The lowest BCUT2D eigenvalue weighted by Gasteiger charge is -2.14. The Hall–Kier alpha value is -1.88. The fraction of sp³-hybridized carbons (Fsp3) is 0.438. The molecule has 0 radical (unpaired) electrons. The molecule has 0 aliphatic heterocycles. The lowest BCUT2D eigenvalue weighted by molar-refractivity contribution is 0.321. The molecule has 0 spiro atoms. The molecule has 0 amide bonds. The minimum Gasteiger partial charge on any atom is -0.491 e. The van der Waals surface area contributed by atoms with E-state index in [9.17, 15) is 4.39 Å². The van der Waals surface area contributed by atoms with E-state index < -0.39 is 0 Å². The first-order chi connectivity index (χ1) is 10.1. The third-order valence-corrected chi connectivity index (χ3v) is 3.48. The number of aromatic nitrogens is 2. The molecule has 1 unspecified atom stereocenters. The third-order valence-electron chi connectivity index (χ3n) is 3.48. The molecule has 0 aliphatic rings. The topological polar surface area (TPSA) is 63.9 Å². The average Bonchev–Trinajstić information content (AvgIpc) is 2.92. The van der Waals surface area contributed by atoms with E-state index >= 15 is 0 Å². The van der Waals surface area contributed by atoms with Crippen LogP contribution in [-0.2, 0) is 0 Å². The molecule has 0 bridgehead atoms. The Morgan fingerprint density at radius 1 is 1.33 bits per heavy atom. The largest absolute Gasteiger partial charge is 0.491 e. The van der Waals surface area contributed by atoms with Crippen LogP contribution in [0.1, 0.15) is 49.6 Å². The van der Waals surface area contributed by atoms with Crippen molar-refractivity contribution in [2.24, 2.45) is 5.73 Å². The number of benzene rings is 1. The molecule has 21 heavy (non-hydrogen) atoms. The first kappa shape index (κ1) is 15.5. The van der Waals surface area contributed by atoms with E-state index in [0.717, 1.165) is 17.0 Å². The number of nitrogens with zero attached hydrogens (tertiary/aromatic N) is 1. The summed E-state index contributed by atoms with van der Waals surface area (Å²) in [5.41, 5.74) is 8.57. The molecule has 0 fully saturated rings. The molecule has 1 aromatic carbocycles. The summed E-state index contributed by atoms with van der Waals surface area (Å²) in [6, 6.07) is 6.98. The van der Waals surface area contributed by atoms with Gasteiger partial charge in [0.1, 0.15) is 0 Å². The van der Waals surface area contributed by atoms with Gasteiger partial charge in [0.2, 0.25) is 0 Å². The molecule has 4 nitrogen and oxygen atoms in total. The van der Waals surface area contributed by atoms with Crippen molar-refractivity contribution in [1.82, 2.24) is 10.2 Å². The van der Waals surface area contributed by atoms with Crippen LogP contribution in [0.2, 0.25) is 0 Å². The fourth-order valence-electron chi connectivity index (χ4n) is 2.28. The second-order valence-electron chi connectivity index (χ2n) is 5.31. The number of aromatic amines is 1. The lowest BCUT2D eigenvalue weighted by Crippen LogP contribution is -2.14. The van der Waals surface area contributed by atoms with Crippen LogP contribution in [0.3, 0.4) is 0 Å². The highest BCUT2D eigenvalue weighted by Gasteiger charge is 2.18. The zero-order chi connectivity index (χ0) is 15.4. The van der Waals surface area contributed by atoms with Gasteiger partial charge in [-0.05, 0) is 36.6 Å². The van der Waals surface area contributed by atoms with Gasteiger partial charge < -0.3 is 10.5 Å². The quantitative estimate of drug-likeness (QED) is 0.859. The van der Waals surface area contributed by atoms with E-state index in [1.54, 1.807) is 6.07 Å². The monoisotopic (exact) mass is 291 g/mol. The number of nitrogens with one attached hydrogen (secondary N) is 1. The summed E-state index contributed by atoms with van der Waals surface area (Å²) in [5, 5.41) is 7.29. The van der Waals surface area contributed by atoms with E-state index in [-0.39, 0.29) is 17.5 Å². The highest BCUT2D eigenvalue weighted by molar-refractivity contribution is 5.36. The molecular formula is C16H22FN3O. The van der Waals surface area contributed by atoms with Crippen molar-refractivity contribution in [2.75, 3.05) is 13.2 Å². The van der Waals surface area contributed by atoms with E-state index in [0.29, 0.717) is 19.1 Å². The molecule has 1 aromatic heterocycles. The fourth-order valence-corrected chi connectivity index (χ4v) is 2.28. The van der Waals surface area contributed by atoms with Gasteiger partial charge in [-0.2, -0.15) is 5.10 Å². The number of rotatable bonds is 6. The van der Waals surface area contributed by atoms with E-state index in [2.05, 4.69) is 24.0 Å². The van der Waals surface area contributed by atoms with Crippen molar-refractivity contribution in [2.45, 2.75) is 32.6 Å². The standard InChI is InChI=1S/C16H22FN3O/c1-4-21-16-6-5-11(7-13(16)17)12(9-18)15-8-14(10(2)3)19-20-15/h5-8,10,12H,4,9,18H2,1-3H3,(H,19,20). The Kier molecular flexibility index (Phi) is 4.96. The molecule has 2 aromatic rings. The first-order valence-electron chi connectivity index (χ1n) is 7.24. The van der Waals surface area contributed by atoms with Gasteiger partial charge in [-0.15, -0.1) is 0 Å². The summed E-state index contributed by atoms with van der Waals surface area (Å²) in [6.45, 7) is 6.80. The van der Waals surface area contributed by atoms with Crippen LogP contribution in [0.4, 0.5) is 4.39 Å². The van der Waals surface area contributed by atoms with Crippen molar-refractivity contribution in [3.63, 3.8) is 0 Å². The molecule has 1 atom stereocenters.